The number of halogens is 1. The molecule has 0 bridgehead atoms. The van der Waals surface area contributed by atoms with Crippen LogP contribution in [0.2, 0.25) is 0 Å². The van der Waals surface area contributed by atoms with Crippen LogP contribution in [0.3, 0.4) is 0 Å². The number of carbonyl (C=O) groups excluding carboxylic acids is 2. The number of dihydropyridines is 1. The van der Waals surface area contributed by atoms with Crippen LogP contribution in [-0.2, 0) is 9.59 Å². The molecule has 0 atom stereocenters. The average molecular weight is 516 g/mol. The molecule has 1 aromatic rings. The van der Waals surface area contributed by atoms with Crippen molar-refractivity contribution in [3.8, 4) is 11.5 Å². The summed E-state index contributed by atoms with van der Waals surface area (Å²) < 4.78 is 12.4. The van der Waals surface area contributed by atoms with Crippen LogP contribution in [0.15, 0.2) is 39.1 Å². The van der Waals surface area contributed by atoms with Gasteiger partial charge in [0.05, 0.1) is 17.7 Å². The zero-order valence-corrected chi connectivity index (χ0v) is 22.2. The van der Waals surface area contributed by atoms with Crippen molar-refractivity contribution in [1.82, 2.24) is 5.32 Å². The summed E-state index contributed by atoms with van der Waals surface area (Å²) in [6, 6.07) is 3.90. The highest BCUT2D eigenvalue weighted by Crippen LogP contribution is 2.52. The first-order valence-corrected chi connectivity index (χ1v) is 12.4. The minimum atomic E-state index is -0.401. The highest BCUT2D eigenvalue weighted by Gasteiger charge is 2.46. The fourth-order valence-corrected chi connectivity index (χ4v) is 6.03. The molecule has 2 aliphatic carbocycles. The van der Waals surface area contributed by atoms with Crippen LogP contribution < -0.4 is 14.8 Å². The molecule has 1 heterocycles. The Balaban J connectivity index is 1.93. The molecule has 1 aliphatic heterocycles. The summed E-state index contributed by atoms with van der Waals surface area (Å²) in [5.74, 6) is 1.03. The van der Waals surface area contributed by atoms with Crippen LogP contribution in [0.4, 0.5) is 0 Å². The molecule has 0 radical (unpaired) electrons. The first kappa shape index (κ1) is 24.1. The lowest BCUT2D eigenvalue weighted by molar-refractivity contribution is -0.119. The number of benzene rings is 1. The molecule has 5 nitrogen and oxygen atoms in total. The van der Waals surface area contributed by atoms with Gasteiger partial charge in [-0.1, -0.05) is 27.7 Å². The van der Waals surface area contributed by atoms with Crippen molar-refractivity contribution in [2.24, 2.45) is 10.8 Å². The maximum Gasteiger partial charge on any atom is 0.175 e. The summed E-state index contributed by atoms with van der Waals surface area (Å²) in [6.45, 7) is 12.4. The van der Waals surface area contributed by atoms with Crippen LogP contribution >= 0.6 is 15.9 Å². The minimum absolute atomic E-state index is 0.0205. The van der Waals surface area contributed by atoms with Crippen LogP contribution in [0.1, 0.15) is 78.7 Å². The maximum absolute atomic E-state index is 13.5. The maximum atomic E-state index is 13.5. The zero-order chi connectivity index (χ0) is 24.3. The Bertz CT molecular complexity index is 1040. The van der Waals surface area contributed by atoms with Crippen molar-refractivity contribution in [1.29, 1.82) is 0 Å². The lowest BCUT2D eigenvalue weighted by atomic mass is 9.64. The third kappa shape index (κ3) is 4.51. The number of ether oxygens (including phenoxy) is 2. The molecule has 0 amide bonds. The SMILES string of the molecule is COc1cc(C2C3=C(CC(C)(C)CC3=O)NC3=C2C(=O)CC(C)(C)C3)cc(Br)c1OC(C)C. The lowest BCUT2D eigenvalue weighted by Crippen LogP contribution is -2.42. The number of carbonyl (C=O) groups is 2. The van der Waals surface area contributed by atoms with Gasteiger partial charge in [-0.3, -0.25) is 9.59 Å². The molecule has 1 N–H and O–H groups in total. The molecule has 0 aromatic heterocycles. The molecule has 33 heavy (non-hydrogen) atoms. The summed E-state index contributed by atoms with van der Waals surface area (Å²) in [7, 11) is 1.61. The van der Waals surface area contributed by atoms with E-state index in [2.05, 4.69) is 48.9 Å². The number of Topliss-reactive ketones (excluding diaryl/α,β-unsaturated/α-hetero) is 2. The van der Waals surface area contributed by atoms with E-state index in [0.29, 0.717) is 24.3 Å². The number of hydrogen-bond donors (Lipinski definition) is 1. The van der Waals surface area contributed by atoms with E-state index in [-0.39, 0.29) is 28.5 Å². The Morgan fingerprint density at radius 3 is 1.91 bits per heavy atom. The van der Waals surface area contributed by atoms with E-state index in [9.17, 15) is 9.59 Å². The molecule has 4 rings (SSSR count). The Morgan fingerprint density at radius 2 is 1.45 bits per heavy atom. The van der Waals surface area contributed by atoms with Crippen molar-refractivity contribution in [3.63, 3.8) is 0 Å². The van der Waals surface area contributed by atoms with Gasteiger partial charge >= 0.3 is 0 Å². The predicted octanol–water partition coefficient (Wildman–Crippen LogP) is 6.22. The van der Waals surface area contributed by atoms with E-state index in [1.54, 1.807) is 7.11 Å². The molecule has 0 saturated carbocycles. The fourth-order valence-electron chi connectivity index (χ4n) is 5.48. The van der Waals surface area contributed by atoms with Crippen LogP contribution in [-0.4, -0.2) is 24.8 Å². The van der Waals surface area contributed by atoms with Gasteiger partial charge in [-0.25, -0.2) is 0 Å². The van der Waals surface area contributed by atoms with Gasteiger partial charge in [-0.05, 0) is 71.1 Å². The first-order valence-electron chi connectivity index (χ1n) is 11.7. The second-order valence-electron chi connectivity index (χ2n) is 11.4. The number of hydrogen-bond acceptors (Lipinski definition) is 5. The van der Waals surface area contributed by atoms with Crippen LogP contribution in [0.25, 0.3) is 0 Å². The Morgan fingerprint density at radius 1 is 0.939 bits per heavy atom. The van der Waals surface area contributed by atoms with Gasteiger partial charge in [0.2, 0.25) is 0 Å². The largest absolute Gasteiger partial charge is 0.493 e. The summed E-state index contributed by atoms with van der Waals surface area (Å²) in [5, 5.41) is 3.56. The molecular weight excluding hydrogens is 482 g/mol. The Kier molecular flexibility index (Phi) is 6.05. The van der Waals surface area contributed by atoms with Gasteiger partial charge in [-0.2, -0.15) is 0 Å². The fraction of sp³-hybridized carbons (Fsp3) is 0.556. The predicted molar refractivity (Wildman–Crippen MR) is 132 cm³/mol. The number of allylic oxidation sites excluding steroid dienone is 4. The average Bonchev–Trinajstić information content (AvgIpc) is 2.65. The van der Waals surface area contributed by atoms with Crippen molar-refractivity contribution in [3.05, 3.63) is 44.7 Å². The Labute approximate surface area is 205 Å². The van der Waals surface area contributed by atoms with Gasteiger partial charge in [0.1, 0.15) is 0 Å². The van der Waals surface area contributed by atoms with E-state index < -0.39 is 5.92 Å². The highest BCUT2D eigenvalue weighted by molar-refractivity contribution is 9.10. The van der Waals surface area contributed by atoms with E-state index in [4.69, 9.17) is 9.47 Å². The standard InChI is InChI=1S/C27H34BrNO4/c1-14(2)33-25-16(28)8-15(9-21(25)32-7)22-23-17(10-26(3,4)12-19(23)30)29-18-11-27(5,6)13-20(31)24(18)22/h8-9,14,22,29H,10-13H2,1-7H3. The van der Waals surface area contributed by atoms with E-state index in [1.807, 2.05) is 26.0 Å². The number of nitrogens with one attached hydrogen (secondary N) is 1. The first-order chi connectivity index (χ1) is 15.3. The lowest BCUT2D eigenvalue weighted by Gasteiger charge is -2.44. The Hall–Kier alpha value is -2.08. The monoisotopic (exact) mass is 515 g/mol. The van der Waals surface area contributed by atoms with E-state index >= 15 is 0 Å². The minimum Gasteiger partial charge on any atom is -0.493 e. The highest BCUT2D eigenvalue weighted by atomic mass is 79.9. The van der Waals surface area contributed by atoms with Crippen molar-refractivity contribution in [2.45, 2.75) is 79.2 Å². The molecule has 0 fully saturated rings. The second-order valence-corrected chi connectivity index (χ2v) is 12.3. The van der Waals surface area contributed by atoms with Crippen molar-refractivity contribution in [2.75, 3.05) is 7.11 Å². The van der Waals surface area contributed by atoms with Crippen LogP contribution in [0.5, 0.6) is 11.5 Å². The number of methoxy groups -OCH3 is 1. The third-order valence-electron chi connectivity index (χ3n) is 6.66. The number of rotatable bonds is 4. The van der Waals surface area contributed by atoms with Gasteiger partial charge in [0, 0.05) is 41.3 Å². The second kappa shape index (κ2) is 8.30. The van der Waals surface area contributed by atoms with Gasteiger partial charge in [0.25, 0.3) is 0 Å². The topological polar surface area (TPSA) is 64.6 Å². The molecule has 1 aromatic carbocycles. The normalized spacial score (nSPS) is 22.2. The smallest absolute Gasteiger partial charge is 0.175 e. The summed E-state index contributed by atoms with van der Waals surface area (Å²) >= 11 is 3.65. The molecule has 0 unspecified atom stereocenters. The quantitative estimate of drug-likeness (QED) is 0.515. The molecule has 178 valence electrons. The zero-order valence-electron chi connectivity index (χ0n) is 20.6. The molecule has 0 spiro atoms. The number of ketones is 2. The summed E-state index contributed by atoms with van der Waals surface area (Å²) in [6.07, 6.45) is 2.48. The molecule has 0 saturated heterocycles. The van der Waals surface area contributed by atoms with Gasteiger partial charge in [0.15, 0.2) is 23.1 Å². The van der Waals surface area contributed by atoms with E-state index in [0.717, 1.165) is 45.4 Å². The van der Waals surface area contributed by atoms with Crippen LogP contribution in [0, 0.1) is 10.8 Å². The molecule has 6 heteroatoms. The van der Waals surface area contributed by atoms with E-state index in [1.165, 1.54) is 0 Å². The molecular formula is C27H34BrNO4. The summed E-state index contributed by atoms with van der Waals surface area (Å²) in [4.78, 5) is 27.0. The molecule has 3 aliphatic rings. The van der Waals surface area contributed by atoms with Crippen molar-refractivity contribution < 1.29 is 19.1 Å². The summed E-state index contributed by atoms with van der Waals surface area (Å²) in [5.41, 5.74) is 4.02. The van der Waals surface area contributed by atoms with Gasteiger partial charge < -0.3 is 14.8 Å². The van der Waals surface area contributed by atoms with Crippen molar-refractivity contribution >= 4 is 27.5 Å². The third-order valence-corrected chi connectivity index (χ3v) is 7.25. The van der Waals surface area contributed by atoms with Gasteiger partial charge in [-0.15, -0.1) is 0 Å².